The standard InChI is InChI=1S/C21H23F2NO2/c1-26-19-10-15(9-18(22)20(19)23)21(25)11-16-7-8-17(12-21)24(16)13-14-5-3-2-4-6-14/h2-6,9-10,16-17,25H,7-8,11-13H2,1H3. The Hall–Kier alpha value is -1.98. The van der Waals surface area contributed by atoms with Crippen LogP contribution in [0.2, 0.25) is 0 Å². The number of hydrogen-bond donors (Lipinski definition) is 1. The minimum absolute atomic E-state index is 0.160. The molecule has 2 atom stereocenters. The molecule has 2 unspecified atom stereocenters. The number of rotatable bonds is 4. The van der Waals surface area contributed by atoms with Crippen LogP contribution in [-0.4, -0.2) is 29.2 Å². The predicted molar refractivity (Wildman–Crippen MR) is 94.8 cm³/mol. The van der Waals surface area contributed by atoms with Crippen molar-refractivity contribution in [3.63, 3.8) is 0 Å². The molecule has 2 fully saturated rings. The van der Waals surface area contributed by atoms with Gasteiger partial charge in [-0.05, 0) is 48.9 Å². The van der Waals surface area contributed by atoms with Gasteiger partial charge < -0.3 is 9.84 Å². The number of fused-ring (bicyclic) bond motifs is 2. The summed E-state index contributed by atoms with van der Waals surface area (Å²) < 4.78 is 32.6. The molecule has 0 aromatic heterocycles. The summed E-state index contributed by atoms with van der Waals surface area (Å²) >= 11 is 0. The van der Waals surface area contributed by atoms with Crippen molar-refractivity contribution in [2.75, 3.05) is 7.11 Å². The second-order valence-corrected chi connectivity index (χ2v) is 7.46. The van der Waals surface area contributed by atoms with Crippen LogP contribution in [-0.2, 0) is 12.1 Å². The first-order valence-corrected chi connectivity index (χ1v) is 9.06. The van der Waals surface area contributed by atoms with E-state index in [0.29, 0.717) is 18.4 Å². The number of halogens is 2. The Morgan fingerprint density at radius 3 is 2.38 bits per heavy atom. The van der Waals surface area contributed by atoms with Gasteiger partial charge in [0.15, 0.2) is 11.6 Å². The third-order valence-corrected chi connectivity index (χ3v) is 5.88. The van der Waals surface area contributed by atoms with Crippen molar-refractivity contribution in [3.05, 3.63) is 65.2 Å². The van der Waals surface area contributed by atoms with E-state index in [9.17, 15) is 13.9 Å². The summed E-state index contributed by atoms with van der Waals surface area (Å²) in [4.78, 5) is 2.45. The Balaban J connectivity index is 1.59. The maximum atomic E-state index is 13.9. The van der Waals surface area contributed by atoms with Crippen LogP contribution in [0, 0.1) is 11.6 Å². The molecular weight excluding hydrogens is 336 g/mol. The highest BCUT2D eigenvalue weighted by molar-refractivity contribution is 5.36. The first-order chi connectivity index (χ1) is 12.5. The molecule has 2 bridgehead atoms. The van der Waals surface area contributed by atoms with Crippen molar-refractivity contribution in [2.45, 2.75) is 49.9 Å². The summed E-state index contributed by atoms with van der Waals surface area (Å²) in [5.74, 6) is -2.15. The SMILES string of the molecule is COc1cc(C2(O)CC3CCC(C2)N3Cc2ccccc2)cc(F)c1F. The average Bonchev–Trinajstić information content (AvgIpc) is 2.88. The van der Waals surface area contributed by atoms with Gasteiger partial charge in [-0.25, -0.2) is 4.39 Å². The van der Waals surface area contributed by atoms with E-state index < -0.39 is 17.2 Å². The molecule has 5 heteroatoms. The van der Waals surface area contributed by atoms with Crippen LogP contribution in [0.4, 0.5) is 8.78 Å². The van der Waals surface area contributed by atoms with Crippen LogP contribution in [0.3, 0.4) is 0 Å². The molecule has 2 saturated heterocycles. The molecule has 1 N–H and O–H groups in total. The fraction of sp³-hybridized carbons (Fsp3) is 0.429. The number of nitrogens with zero attached hydrogens (tertiary/aromatic N) is 1. The van der Waals surface area contributed by atoms with E-state index in [2.05, 4.69) is 17.0 Å². The lowest BCUT2D eigenvalue weighted by Crippen LogP contribution is -2.49. The van der Waals surface area contributed by atoms with Gasteiger partial charge in [-0.15, -0.1) is 0 Å². The minimum atomic E-state index is -1.15. The Kier molecular flexibility index (Phi) is 4.45. The molecule has 0 spiro atoms. The van der Waals surface area contributed by atoms with Crippen molar-refractivity contribution < 1.29 is 18.6 Å². The van der Waals surface area contributed by atoms with Gasteiger partial charge in [0.05, 0.1) is 12.7 Å². The van der Waals surface area contributed by atoms with Crippen molar-refractivity contribution >= 4 is 0 Å². The van der Waals surface area contributed by atoms with Crippen molar-refractivity contribution in [2.24, 2.45) is 0 Å². The third kappa shape index (κ3) is 2.99. The molecule has 0 amide bonds. The zero-order chi connectivity index (χ0) is 18.3. The molecule has 0 saturated carbocycles. The van der Waals surface area contributed by atoms with Crippen LogP contribution in [0.15, 0.2) is 42.5 Å². The van der Waals surface area contributed by atoms with E-state index in [1.54, 1.807) is 0 Å². The van der Waals surface area contributed by atoms with Gasteiger partial charge in [0.2, 0.25) is 5.82 Å². The summed E-state index contributed by atoms with van der Waals surface area (Å²) in [5.41, 5.74) is 0.509. The molecule has 3 nitrogen and oxygen atoms in total. The average molecular weight is 359 g/mol. The second kappa shape index (κ2) is 6.63. The quantitative estimate of drug-likeness (QED) is 0.896. The molecule has 2 aliphatic heterocycles. The fourth-order valence-corrected chi connectivity index (χ4v) is 4.59. The van der Waals surface area contributed by atoms with Crippen LogP contribution in [0.25, 0.3) is 0 Å². The fourth-order valence-electron chi connectivity index (χ4n) is 4.59. The molecule has 138 valence electrons. The Bertz CT molecular complexity index is 782. The molecule has 0 aliphatic carbocycles. The van der Waals surface area contributed by atoms with Crippen LogP contribution in [0.5, 0.6) is 5.75 Å². The molecule has 26 heavy (non-hydrogen) atoms. The van der Waals surface area contributed by atoms with Gasteiger partial charge in [0.25, 0.3) is 0 Å². The smallest absolute Gasteiger partial charge is 0.200 e. The summed E-state index contributed by atoms with van der Waals surface area (Å²) in [5, 5.41) is 11.3. The number of hydrogen-bond acceptors (Lipinski definition) is 3. The lowest BCUT2D eigenvalue weighted by Gasteiger charge is -2.44. The van der Waals surface area contributed by atoms with Crippen molar-refractivity contribution in [3.8, 4) is 5.75 Å². The van der Waals surface area contributed by atoms with Gasteiger partial charge >= 0.3 is 0 Å². The Morgan fingerprint density at radius 1 is 1.12 bits per heavy atom. The number of aliphatic hydroxyl groups is 1. The van der Waals surface area contributed by atoms with E-state index >= 15 is 0 Å². The summed E-state index contributed by atoms with van der Waals surface area (Å²) in [6.07, 6.45) is 3.07. The highest BCUT2D eigenvalue weighted by Crippen LogP contribution is 2.47. The largest absolute Gasteiger partial charge is 0.494 e. The second-order valence-electron chi connectivity index (χ2n) is 7.46. The normalized spacial score (nSPS) is 28.3. The number of piperidine rings is 1. The number of benzene rings is 2. The van der Waals surface area contributed by atoms with Crippen LogP contribution < -0.4 is 4.74 Å². The van der Waals surface area contributed by atoms with Gasteiger partial charge in [0, 0.05) is 18.6 Å². The third-order valence-electron chi connectivity index (χ3n) is 5.88. The highest BCUT2D eigenvalue weighted by atomic mass is 19.2. The summed E-state index contributed by atoms with van der Waals surface area (Å²) in [6.45, 7) is 0.855. The van der Waals surface area contributed by atoms with Gasteiger partial charge in [0.1, 0.15) is 0 Å². The zero-order valence-electron chi connectivity index (χ0n) is 14.8. The van der Waals surface area contributed by atoms with Crippen LogP contribution in [0.1, 0.15) is 36.8 Å². The van der Waals surface area contributed by atoms with E-state index in [4.69, 9.17) is 4.74 Å². The van der Waals surface area contributed by atoms with Crippen molar-refractivity contribution in [1.82, 2.24) is 4.90 Å². The van der Waals surface area contributed by atoms with Crippen LogP contribution >= 0.6 is 0 Å². The lowest BCUT2D eigenvalue weighted by molar-refractivity contribution is -0.0598. The summed E-state index contributed by atoms with van der Waals surface area (Å²) in [6, 6.07) is 13.3. The first-order valence-electron chi connectivity index (χ1n) is 9.06. The number of methoxy groups -OCH3 is 1. The van der Waals surface area contributed by atoms with E-state index in [1.165, 1.54) is 18.7 Å². The highest BCUT2D eigenvalue weighted by Gasteiger charge is 2.48. The molecule has 0 radical (unpaired) electrons. The number of ether oxygens (including phenoxy) is 1. The molecule has 4 rings (SSSR count). The minimum Gasteiger partial charge on any atom is -0.494 e. The van der Waals surface area contributed by atoms with Gasteiger partial charge in [-0.1, -0.05) is 30.3 Å². The Labute approximate surface area is 152 Å². The monoisotopic (exact) mass is 359 g/mol. The van der Waals surface area contributed by atoms with Crippen molar-refractivity contribution in [1.29, 1.82) is 0 Å². The summed E-state index contributed by atoms with van der Waals surface area (Å²) in [7, 11) is 1.30. The first kappa shape index (κ1) is 17.4. The molecule has 2 aromatic carbocycles. The molecule has 2 aliphatic rings. The maximum Gasteiger partial charge on any atom is 0.200 e. The molecule has 2 aromatic rings. The zero-order valence-corrected chi connectivity index (χ0v) is 14.8. The van der Waals surface area contributed by atoms with E-state index in [0.717, 1.165) is 25.5 Å². The van der Waals surface area contributed by atoms with Gasteiger partial charge in [-0.2, -0.15) is 4.39 Å². The van der Waals surface area contributed by atoms with Gasteiger partial charge in [-0.3, -0.25) is 4.90 Å². The topological polar surface area (TPSA) is 32.7 Å². The Morgan fingerprint density at radius 2 is 1.77 bits per heavy atom. The predicted octanol–water partition coefficient (Wildman–Crippen LogP) is 3.99. The molecular formula is C21H23F2NO2. The maximum absolute atomic E-state index is 13.9. The lowest BCUT2D eigenvalue weighted by atomic mass is 9.80. The van der Waals surface area contributed by atoms with E-state index in [-0.39, 0.29) is 17.8 Å². The molecule has 2 heterocycles. The van der Waals surface area contributed by atoms with E-state index in [1.807, 2.05) is 18.2 Å².